The summed E-state index contributed by atoms with van der Waals surface area (Å²) in [6, 6.07) is 13.4. The molecule has 4 N–H and O–H groups in total. The highest BCUT2D eigenvalue weighted by Gasteiger charge is 2.49. The second-order valence-corrected chi connectivity index (χ2v) is 8.56. The van der Waals surface area contributed by atoms with E-state index in [-0.39, 0.29) is 6.61 Å². The molecule has 1 saturated carbocycles. The zero-order chi connectivity index (χ0) is 22.7. The van der Waals surface area contributed by atoms with E-state index in [1.54, 1.807) is 18.2 Å². The van der Waals surface area contributed by atoms with Crippen molar-refractivity contribution < 1.29 is 30.0 Å². The molecule has 7 heteroatoms. The molecule has 0 aromatic heterocycles. The molecule has 0 aliphatic heterocycles. The van der Waals surface area contributed by atoms with Crippen LogP contribution < -0.4 is 0 Å². The van der Waals surface area contributed by atoms with Crippen LogP contribution in [0.3, 0.4) is 0 Å². The lowest BCUT2D eigenvalue weighted by atomic mass is 9.70. The Morgan fingerprint density at radius 2 is 1.58 bits per heavy atom. The molecule has 0 bridgehead atoms. The molecule has 31 heavy (non-hydrogen) atoms. The zero-order valence-corrected chi connectivity index (χ0v) is 18.4. The summed E-state index contributed by atoms with van der Waals surface area (Å²) in [5.74, 6) is -2.37. The van der Waals surface area contributed by atoms with Crippen LogP contribution in [0.1, 0.15) is 42.0 Å². The molecule has 1 aliphatic rings. The fourth-order valence-electron chi connectivity index (χ4n) is 4.19. The molecule has 0 amide bonds. The lowest BCUT2D eigenvalue weighted by molar-refractivity contribution is -0.178. The SMILES string of the molecule is CCc1ccc(Cc2cc([C@H]3[C@H](O)[C@H](O)[C@H](O)[C@@H](COC(C)=O)[C@H]3O)ccc2Cl)cc1. The number of carbonyl (C=O) groups excluding carboxylic acids is 1. The van der Waals surface area contributed by atoms with E-state index >= 15 is 0 Å². The van der Waals surface area contributed by atoms with Crippen LogP contribution in [-0.2, 0) is 22.4 Å². The summed E-state index contributed by atoms with van der Waals surface area (Å²) in [5, 5.41) is 42.8. The van der Waals surface area contributed by atoms with Crippen molar-refractivity contribution in [3.05, 3.63) is 69.7 Å². The van der Waals surface area contributed by atoms with Crippen molar-refractivity contribution in [1.29, 1.82) is 0 Å². The molecular formula is C24H29ClO6. The van der Waals surface area contributed by atoms with Crippen molar-refractivity contribution in [2.24, 2.45) is 5.92 Å². The Labute approximate surface area is 187 Å². The number of hydrogen-bond donors (Lipinski definition) is 4. The maximum atomic E-state index is 11.2. The van der Waals surface area contributed by atoms with Gasteiger partial charge >= 0.3 is 5.97 Å². The van der Waals surface area contributed by atoms with E-state index < -0.39 is 42.2 Å². The van der Waals surface area contributed by atoms with Crippen LogP contribution in [0, 0.1) is 5.92 Å². The van der Waals surface area contributed by atoms with Crippen molar-refractivity contribution in [3.63, 3.8) is 0 Å². The molecule has 2 aromatic rings. The summed E-state index contributed by atoms with van der Waals surface area (Å²) >= 11 is 6.41. The highest BCUT2D eigenvalue weighted by molar-refractivity contribution is 6.31. The van der Waals surface area contributed by atoms with Crippen molar-refractivity contribution in [1.82, 2.24) is 0 Å². The molecule has 6 nitrogen and oxygen atoms in total. The first-order valence-corrected chi connectivity index (χ1v) is 10.8. The topological polar surface area (TPSA) is 107 Å². The number of benzene rings is 2. The fourth-order valence-corrected chi connectivity index (χ4v) is 4.38. The van der Waals surface area contributed by atoms with E-state index in [1.165, 1.54) is 12.5 Å². The van der Waals surface area contributed by atoms with Crippen LogP contribution in [0.5, 0.6) is 0 Å². The van der Waals surface area contributed by atoms with Crippen LogP contribution in [0.25, 0.3) is 0 Å². The predicted octanol–water partition coefficient (Wildman–Crippen LogP) is 2.21. The molecule has 0 spiro atoms. The smallest absolute Gasteiger partial charge is 0.302 e. The Bertz CT molecular complexity index is 899. The summed E-state index contributed by atoms with van der Waals surface area (Å²) in [6.45, 7) is 3.06. The number of rotatable bonds is 6. The number of ether oxygens (including phenoxy) is 1. The number of aliphatic hydroxyl groups is 4. The summed E-state index contributed by atoms with van der Waals surface area (Å²) in [6.07, 6.45) is -4.02. The lowest BCUT2D eigenvalue weighted by Gasteiger charge is -2.44. The highest BCUT2D eigenvalue weighted by atomic mass is 35.5. The van der Waals surface area contributed by atoms with Crippen molar-refractivity contribution in [3.8, 4) is 0 Å². The number of aliphatic hydroxyl groups excluding tert-OH is 4. The van der Waals surface area contributed by atoms with Crippen LogP contribution >= 0.6 is 11.6 Å². The molecule has 168 valence electrons. The third kappa shape index (κ3) is 5.27. The first-order chi connectivity index (χ1) is 14.7. The van der Waals surface area contributed by atoms with Crippen LogP contribution in [0.2, 0.25) is 5.02 Å². The van der Waals surface area contributed by atoms with Gasteiger partial charge in [0.15, 0.2) is 0 Å². The Kier molecular flexibility index (Phi) is 7.73. The number of carbonyl (C=O) groups is 1. The third-order valence-electron chi connectivity index (χ3n) is 6.07. The van der Waals surface area contributed by atoms with E-state index in [2.05, 4.69) is 19.1 Å². The van der Waals surface area contributed by atoms with Crippen LogP contribution in [0.4, 0.5) is 0 Å². The standard InChI is InChI=1S/C24H29ClO6/c1-3-14-4-6-15(7-5-14)10-17-11-16(8-9-19(17)25)20-21(27)18(12-31-13(2)26)22(28)24(30)23(20)29/h4-9,11,18,20-24,27-30H,3,10,12H2,1-2H3/t18-,20+,21+,22+,23-,24+/m0/s1. The van der Waals surface area contributed by atoms with E-state index in [0.29, 0.717) is 17.0 Å². The van der Waals surface area contributed by atoms with Gasteiger partial charge in [0.1, 0.15) is 6.10 Å². The van der Waals surface area contributed by atoms with Gasteiger partial charge in [-0.15, -0.1) is 0 Å². The minimum atomic E-state index is -1.49. The van der Waals surface area contributed by atoms with Gasteiger partial charge in [0.05, 0.1) is 24.9 Å². The quantitative estimate of drug-likeness (QED) is 0.505. The van der Waals surface area contributed by atoms with Crippen molar-refractivity contribution in [2.45, 2.75) is 57.0 Å². The van der Waals surface area contributed by atoms with Gasteiger partial charge in [0, 0.05) is 23.8 Å². The minimum Gasteiger partial charge on any atom is -0.465 e. The summed E-state index contributed by atoms with van der Waals surface area (Å²) in [5.41, 5.74) is 3.72. The maximum Gasteiger partial charge on any atom is 0.302 e. The molecule has 1 aliphatic carbocycles. The van der Waals surface area contributed by atoms with Gasteiger partial charge < -0.3 is 25.2 Å². The maximum absolute atomic E-state index is 11.2. The Hall–Kier alpha value is -1.96. The molecule has 0 radical (unpaired) electrons. The van der Waals surface area contributed by atoms with Crippen molar-refractivity contribution >= 4 is 17.6 Å². The highest BCUT2D eigenvalue weighted by Crippen LogP contribution is 2.39. The Morgan fingerprint density at radius 3 is 2.19 bits per heavy atom. The summed E-state index contributed by atoms with van der Waals surface area (Å²) < 4.78 is 4.96. The van der Waals surface area contributed by atoms with Gasteiger partial charge in [-0.2, -0.15) is 0 Å². The number of hydrogen-bond acceptors (Lipinski definition) is 6. The number of aryl methyl sites for hydroxylation is 1. The van der Waals surface area contributed by atoms with Gasteiger partial charge in [-0.1, -0.05) is 54.9 Å². The first-order valence-electron chi connectivity index (χ1n) is 10.4. The molecule has 0 heterocycles. The van der Waals surface area contributed by atoms with Gasteiger partial charge in [-0.25, -0.2) is 0 Å². The lowest BCUT2D eigenvalue weighted by Crippen LogP contribution is -2.58. The average Bonchev–Trinajstić information content (AvgIpc) is 2.74. The summed E-state index contributed by atoms with van der Waals surface area (Å²) in [4.78, 5) is 11.2. The Morgan fingerprint density at radius 1 is 0.935 bits per heavy atom. The monoisotopic (exact) mass is 448 g/mol. The normalized spacial score (nSPS) is 28.4. The molecule has 2 aromatic carbocycles. The first kappa shape index (κ1) is 23.7. The van der Waals surface area contributed by atoms with E-state index in [4.69, 9.17) is 16.3 Å². The fraction of sp³-hybridized carbons (Fsp3) is 0.458. The molecule has 1 fully saturated rings. The summed E-state index contributed by atoms with van der Waals surface area (Å²) in [7, 11) is 0. The molecular weight excluding hydrogens is 420 g/mol. The van der Waals surface area contributed by atoms with Crippen LogP contribution in [0.15, 0.2) is 42.5 Å². The predicted molar refractivity (Wildman–Crippen MR) is 117 cm³/mol. The molecule has 3 rings (SSSR count). The average molecular weight is 449 g/mol. The zero-order valence-electron chi connectivity index (χ0n) is 17.6. The molecule has 0 saturated heterocycles. The van der Waals surface area contributed by atoms with Gasteiger partial charge in [-0.3, -0.25) is 4.79 Å². The van der Waals surface area contributed by atoms with Crippen molar-refractivity contribution in [2.75, 3.05) is 6.61 Å². The number of halogens is 1. The van der Waals surface area contributed by atoms with Gasteiger partial charge in [-0.05, 0) is 41.2 Å². The Balaban J connectivity index is 1.88. The number of esters is 1. The van der Waals surface area contributed by atoms with Gasteiger partial charge in [0.25, 0.3) is 0 Å². The molecule has 6 atom stereocenters. The second-order valence-electron chi connectivity index (χ2n) is 8.15. The largest absolute Gasteiger partial charge is 0.465 e. The third-order valence-corrected chi connectivity index (χ3v) is 6.44. The van der Waals surface area contributed by atoms with E-state index in [0.717, 1.165) is 17.5 Å². The minimum absolute atomic E-state index is 0.262. The molecule has 0 unspecified atom stereocenters. The van der Waals surface area contributed by atoms with Crippen LogP contribution in [-0.4, -0.2) is 57.4 Å². The van der Waals surface area contributed by atoms with E-state index in [1.807, 2.05) is 12.1 Å². The van der Waals surface area contributed by atoms with Gasteiger partial charge in [0.2, 0.25) is 0 Å². The van der Waals surface area contributed by atoms with E-state index in [9.17, 15) is 25.2 Å². The second kappa shape index (κ2) is 10.1.